The number of carbonyl (C=O) groups excluding carboxylic acids is 1. The topological polar surface area (TPSA) is 96.2 Å². The van der Waals surface area contributed by atoms with Gasteiger partial charge in [0.2, 0.25) is 6.79 Å². The third-order valence-electron chi connectivity index (χ3n) is 3.41. The first kappa shape index (κ1) is 12.5. The van der Waals surface area contributed by atoms with E-state index in [0.717, 1.165) is 0 Å². The molecule has 1 aliphatic heterocycles. The van der Waals surface area contributed by atoms with Crippen LogP contribution in [-0.2, 0) is 0 Å². The molecule has 4 rings (SSSR count). The maximum Gasteiger partial charge on any atom is 0.323 e. The number of aromatic amines is 2. The van der Waals surface area contributed by atoms with E-state index in [4.69, 9.17) is 9.47 Å². The molecule has 1 aliphatic rings. The van der Waals surface area contributed by atoms with Gasteiger partial charge in [0.1, 0.15) is 0 Å². The fraction of sp³-hybridized carbons (Fsp3) is 0.0667. The van der Waals surface area contributed by atoms with Crippen molar-refractivity contribution in [3.05, 3.63) is 52.4 Å². The highest BCUT2D eigenvalue weighted by Crippen LogP contribution is 2.32. The van der Waals surface area contributed by atoms with Crippen LogP contribution in [-0.4, -0.2) is 22.7 Å². The van der Waals surface area contributed by atoms with Crippen LogP contribution in [0.4, 0.5) is 5.69 Å². The smallest absolute Gasteiger partial charge is 0.323 e. The lowest BCUT2D eigenvalue weighted by Gasteiger charge is -2.06. The minimum absolute atomic E-state index is 0.165. The molecule has 0 radical (unpaired) electrons. The van der Waals surface area contributed by atoms with Crippen LogP contribution in [0.1, 0.15) is 10.4 Å². The van der Waals surface area contributed by atoms with Crippen LogP contribution in [0.5, 0.6) is 11.5 Å². The number of H-pyrrole nitrogens is 2. The first-order valence-corrected chi connectivity index (χ1v) is 6.62. The average molecular weight is 297 g/mol. The van der Waals surface area contributed by atoms with Crippen molar-refractivity contribution in [2.45, 2.75) is 0 Å². The quantitative estimate of drug-likeness (QED) is 0.672. The van der Waals surface area contributed by atoms with E-state index < -0.39 is 0 Å². The zero-order valence-electron chi connectivity index (χ0n) is 11.3. The second kappa shape index (κ2) is 4.66. The molecular weight excluding hydrogens is 286 g/mol. The molecule has 0 spiro atoms. The molecule has 0 saturated carbocycles. The van der Waals surface area contributed by atoms with Crippen molar-refractivity contribution in [1.82, 2.24) is 9.97 Å². The molecule has 3 aromatic rings. The van der Waals surface area contributed by atoms with Gasteiger partial charge < -0.3 is 24.8 Å². The Morgan fingerprint density at radius 1 is 1.00 bits per heavy atom. The summed E-state index contributed by atoms with van der Waals surface area (Å²) in [6, 6.07) is 10.1. The van der Waals surface area contributed by atoms with Gasteiger partial charge in [-0.1, -0.05) is 0 Å². The minimum Gasteiger partial charge on any atom is -0.454 e. The highest BCUT2D eigenvalue weighted by Gasteiger charge is 2.16. The van der Waals surface area contributed by atoms with Crippen LogP contribution in [0, 0.1) is 0 Å². The molecule has 2 aromatic carbocycles. The summed E-state index contributed by atoms with van der Waals surface area (Å²) < 4.78 is 10.5. The van der Waals surface area contributed by atoms with Crippen molar-refractivity contribution < 1.29 is 14.3 Å². The molecule has 0 unspecified atom stereocenters. The molecule has 0 aliphatic carbocycles. The van der Waals surface area contributed by atoms with E-state index in [2.05, 4.69) is 15.3 Å². The van der Waals surface area contributed by atoms with E-state index in [1.807, 2.05) is 0 Å². The van der Waals surface area contributed by atoms with Crippen LogP contribution in [0.15, 0.2) is 41.2 Å². The number of fused-ring (bicyclic) bond motifs is 2. The summed E-state index contributed by atoms with van der Waals surface area (Å²) in [7, 11) is 0. The van der Waals surface area contributed by atoms with Gasteiger partial charge in [-0.2, -0.15) is 0 Å². The Balaban J connectivity index is 1.61. The van der Waals surface area contributed by atoms with E-state index in [-0.39, 0.29) is 18.4 Å². The van der Waals surface area contributed by atoms with Crippen molar-refractivity contribution in [3.8, 4) is 11.5 Å². The van der Waals surface area contributed by atoms with Gasteiger partial charge in [-0.15, -0.1) is 0 Å². The molecule has 7 heteroatoms. The number of hydrogen-bond donors (Lipinski definition) is 3. The lowest BCUT2D eigenvalue weighted by molar-refractivity contribution is 0.102. The summed E-state index contributed by atoms with van der Waals surface area (Å²) in [5, 5.41) is 2.78. The molecule has 1 amide bonds. The van der Waals surface area contributed by atoms with Crippen molar-refractivity contribution in [1.29, 1.82) is 0 Å². The summed E-state index contributed by atoms with van der Waals surface area (Å²) in [6.45, 7) is 0.165. The van der Waals surface area contributed by atoms with Gasteiger partial charge in [0.15, 0.2) is 11.5 Å². The standard InChI is InChI=1S/C15H11N3O4/c19-14(8-1-4-12-13(5-8)22-7-21-12)16-9-2-3-10-11(6-9)18-15(20)17-10/h1-6H,7H2,(H,16,19)(H2,17,18,20). The Kier molecular flexibility index (Phi) is 2.65. The third kappa shape index (κ3) is 2.08. The van der Waals surface area contributed by atoms with Crippen LogP contribution >= 0.6 is 0 Å². The van der Waals surface area contributed by atoms with Crippen LogP contribution in [0.2, 0.25) is 0 Å². The Labute approximate surface area is 123 Å². The number of amides is 1. The van der Waals surface area contributed by atoms with Gasteiger partial charge in [0.05, 0.1) is 11.0 Å². The summed E-state index contributed by atoms with van der Waals surface area (Å²) in [5.74, 6) is 0.913. The zero-order valence-corrected chi connectivity index (χ0v) is 11.3. The summed E-state index contributed by atoms with van der Waals surface area (Å²) in [4.78, 5) is 28.8. The Morgan fingerprint density at radius 2 is 1.82 bits per heavy atom. The SMILES string of the molecule is O=C(Nc1ccc2[nH]c(=O)[nH]c2c1)c1ccc2c(c1)OCO2. The number of anilines is 1. The maximum absolute atomic E-state index is 12.3. The van der Waals surface area contributed by atoms with E-state index in [1.54, 1.807) is 36.4 Å². The molecule has 3 N–H and O–H groups in total. The maximum atomic E-state index is 12.3. The molecule has 0 saturated heterocycles. The molecule has 2 heterocycles. The van der Waals surface area contributed by atoms with Crippen molar-refractivity contribution in [2.75, 3.05) is 12.1 Å². The highest BCUT2D eigenvalue weighted by molar-refractivity contribution is 6.05. The van der Waals surface area contributed by atoms with Crippen LogP contribution in [0.25, 0.3) is 11.0 Å². The minimum atomic E-state index is -0.283. The Bertz CT molecular complexity index is 941. The second-order valence-corrected chi connectivity index (χ2v) is 4.86. The molecule has 1 aromatic heterocycles. The number of hydrogen-bond acceptors (Lipinski definition) is 4. The monoisotopic (exact) mass is 297 g/mol. The number of rotatable bonds is 2. The zero-order chi connectivity index (χ0) is 15.1. The number of ether oxygens (including phenoxy) is 2. The van der Waals surface area contributed by atoms with Gasteiger partial charge >= 0.3 is 5.69 Å². The average Bonchev–Trinajstić information content (AvgIpc) is 3.10. The van der Waals surface area contributed by atoms with E-state index >= 15 is 0 Å². The molecule has 22 heavy (non-hydrogen) atoms. The molecular formula is C15H11N3O4. The predicted octanol–water partition coefficient (Wildman–Crippen LogP) is 1.84. The molecule has 7 nitrogen and oxygen atoms in total. The first-order chi connectivity index (χ1) is 10.7. The molecule has 0 atom stereocenters. The van der Waals surface area contributed by atoms with Gasteiger partial charge in [0.25, 0.3) is 5.91 Å². The molecule has 0 fully saturated rings. The second-order valence-electron chi connectivity index (χ2n) is 4.86. The van der Waals surface area contributed by atoms with Crippen molar-refractivity contribution in [2.24, 2.45) is 0 Å². The van der Waals surface area contributed by atoms with Crippen molar-refractivity contribution in [3.63, 3.8) is 0 Å². The van der Waals surface area contributed by atoms with Gasteiger partial charge in [-0.05, 0) is 36.4 Å². The number of aromatic nitrogens is 2. The largest absolute Gasteiger partial charge is 0.454 e. The van der Waals surface area contributed by atoms with Crippen LogP contribution in [0.3, 0.4) is 0 Å². The fourth-order valence-corrected chi connectivity index (χ4v) is 2.35. The first-order valence-electron chi connectivity index (χ1n) is 6.62. The highest BCUT2D eigenvalue weighted by atomic mass is 16.7. The van der Waals surface area contributed by atoms with Crippen molar-refractivity contribution >= 4 is 22.6 Å². The van der Waals surface area contributed by atoms with Gasteiger partial charge in [-0.25, -0.2) is 4.79 Å². The summed E-state index contributed by atoms with van der Waals surface area (Å²) in [5.41, 5.74) is 2.09. The lowest BCUT2D eigenvalue weighted by atomic mass is 10.2. The Hall–Kier alpha value is -3.22. The number of nitrogens with one attached hydrogen (secondary N) is 3. The fourth-order valence-electron chi connectivity index (χ4n) is 2.35. The number of carbonyl (C=O) groups is 1. The summed E-state index contributed by atoms with van der Waals surface area (Å²) >= 11 is 0. The van der Waals surface area contributed by atoms with Gasteiger partial charge in [0, 0.05) is 11.3 Å². The number of imidazole rings is 1. The molecule has 0 bridgehead atoms. The van der Waals surface area contributed by atoms with E-state index in [1.165, 1.54) is 0 Å². The normalized spacial score (nSPS) is 12.5. The van der Waals surface area contributed by atoms with E-state index in [0.29, 0.717) is 33.8 Å². The third-order valence-corrected chi connectivity index (χ3v) is 3.41. The number of benzene rings is 2. The predicted molar refractivity (Wildman–Crippen MR) is 79.4 cm³/mol. The molecule has 110 valence electrons. The van der Waals surface area contributed by atoms with Gasteiger partial charge in [-0.3, -0.25) is 4.79 Å². The lowest BCUT2D eigenvalue weighted by Crippen LogP contribution is -2.11. The van der Waals surface area contributed by atoms with Crippen LogP contribution < -0.4 is 20.5 Å². The Morgan fingerprint density at radius 3 is 2.73 bits per heavy atom. The summed E-state index contributed by atoms with van der Waals surface area (Å²) in [6.07, 6.45) is 0. The van der Waals surface area contributed by atoms with E-state index in [9.17, 15) is 9.59 Å².